The number of nitrogens with zero attached hydrogens (tertiary/aromatic N) is 2. The number of hydrogen-bond acceptors (Lipinski definition) is 4. The second-order valence-corrected chi connectivity index (χ2v) is 13.2. The minimum atomic E-state index is -1.79. The summed E-state index contributed by atoms with van der Waals surface area (Å²) in [6.07, 6.45) is 0.279. The molecular weight excluding hydrogens is 327 g/mol. The number of rotatable bonds is 4. The van der Waals surface area contributed by atoms with E-state index in [0.29, 0.717) is 17.5 Å². The number of hydrogen-bond donors (Lipinski definition) is 0. The van der Waals surface area contributed by atoms with E-state index in [1.54, 1.807) is 0 Å². The smallest absolute Gasteiger partial charge is 0.295 e. The van der Waals surface area contributed by atoms with Crippen molar-refractivity contribution in [2.75, 3.05) is 18.0 Å². The Morgan fingerprint density at radius 2 is 1.88 bits per heavy atom. The van der Waals surface area contributed by atoms with Crippen molar-refractivity contribution in [2.24, 2.45) is 11.8 Å². The Balaban J connectivity index is 1.68. The van der Waals surface area contributed by atoms with Crippen molar-refractivity contribution in [3.63, 3.8) is 0 Å². The number of fused-ring (bicyclic) bond motifs is 1. The fraction of sp³-hybridized carbons (Fsp3) is 0.647. The summed E-state index contributed by atoms with van der Waals surface area (Å²) >= 11 is 0. The third kappa shape index (κ3) is 2.95. The van der Waals surface area contributed by atoms with Crippen LogP contribution in [0.1, 0.15) is 20.8 Å². The van der Waals surface area contributed by atoms with E-state index in [1.165, 1.54) is 12.1 Å². The first-order valence-corrected chi connectivity index (χ1v) is 11.3. The van der Waals surface area contributed by atoms with Gasteiger partial charge in [-0.25, -0.2) is 4.39 Å². The zero-order valence-electron chi connectivity index (χ0n) is 14.9. The third-order valence-electron chi connectivity index (χ3n) is 5.83. The molecule has 3 rings (SSSR count). The number of anilines is 1. The topological polar surface area (TPSA) is 55.6 Å². The molecular formula is C17H25FN2O3Si. The van der Waals surface area contributed by atoms with Crippen molar-refractivity contribution < 1.29 is 13.7 Å². The summed E-state index contributed by atoms with van der Waals surface area (Å²) in [5.41, 5.74) is 0.359. The lowest BCUT2D eigenvalue weighted by Crippen LogP contribution is -2.43. The Kier molecular flexibility index (Phi) is 3.99. The van der Waals surface area contributed by atoms with Crippen LogP contribution in [0.3, 0.4) is 0 Å². The predicted molar refractivity (Wildman–Crippen MR) is 94.3 cm³/mol. The Hall–Kier alpha value is -1.47. The van der Waals surface area contributed by atoms with E-state index < -0.39 is 19.1 Å². The van der Waals surface area contributed by atoms with E-state index in [1.807, 2.05) is 4.90 Å². The van der Waals surface area contributed by atoms with E-state index in [2.05, 4.69) is 33.9 Å². The molecule has 24 heavy (non-hydrogen) atoms. The molecule has 1 aliphatic carbocycles. The summed E-state index contributed by atoms with van der Waals surface area (Å²) in [7, 11) is -1.79. The van der Waals surface area contributed by atoms with Crippen LogP contribution in [0.5, 0.6) is 0 Å². The molecule has 1 saturated heterocycles. The van der Waals surface area contributed by atoms with Crippen LogP contribution in [0.2, 0.25) is 18.1 Å². The van der Waals surface area contributed by atoms with Crippen LogP contribution >= 0.6 is 0 Å². The molecule has 2 aliphatic rings. The van der Waals surface area contributed by atoms with E-state index in [0.717, 1.165) is 19.2 Å². The summed E-state index contributed by atoms with van der Waals surface area (Å²) < 4.78 is 19.8. The fourth-order valence-corrected chi connectivity index (χ4v) is 4.65. The van der Waals surface area contributed by atoms with Crippen molar-refractivity contribution in [1.82, 2.24) is 0 Å². The Morgan fingerprint density at radius 1 is 1.29 bits per heavy atom. The monoisotopic (exact) mass is 352 g/mol. The molecule has 132 valence electrons. The number of halogens is 1. The van der Waals surface area contributed by atoms with Crippen LogP contribution in [-0.2, 0) is 4.43 Å². The summed E-state index contributed by atoms with van der Waals surface area (Å²) in [5, 5.41) is 11.4. The number of benzene rings is 1. The highest BCUT2D eigenvalue weighted by Crippen LogP contribution is 2.53. The molecule has 1 aromatic carbocycles. The minimum Gasteiger partial charge on any atom is -0.413 e. The van der Waals surface area contributed by atoms with Gasteiger partial charge in [-0.05, 0) is 30.3 Å². The standard InChI is InChI=1S/C17H25FN2O3Si/c1-17(2,3)24(4,5)23-16-12-9-19(10-13(12)16)14-7-6-11(18)8-15(14)20(21)22/h6-8,12-13,16H,9-10H2,1-5H3/t12-,13?,16-/m0/s1. The Labute approximate surface area is 143 Å². The van der Waals surface area contributed by atoms with Gasteiger partial charge in [0.2, 0.25) is 0 Å². The maximum absolute atomic E-state index is 13.3. The van der Waals surface area contributed by atoms with E-state index >= 15 is 0 Å². The molecule has 1 aromatic rings. The fourth-order valence-electron chi connectivity index (χ4n) is 3.27. The quantitative estimate of drug-likeness (QED) is 0.463. The molecule has 5 nitrogen and oxygen atoms in total. The van der Waals surface area contributed by atoms with Crippen molar-refractivity contribution in [2.45, 2.75) is 45.0 Å². The average molecular weight is 352 g/mol. The van der Waals surface area contributed by atoms with Gasteiger partial charge in [0.1, 0.15) is 11.5 Å². The first-order chi connectivity index (χ1) is 11.0. The largest absolute Gasteiger partial charge is 0.413 e. The maximum atomic E-state index is 13.3. The molecule has 0 aromatic heterocycles. The summed E-state index contributed by atoms with van der Waals surface area (Å²) in [6, 6.07) is 3.81. The Bertz CT molecular complexity index is 662. The van der Waals surface area contributed by atoms with E-state index in [9.17, 15) is 14.5 Å². The van der Waals surface area contributed by atoms with E-state index in [4.69, 9.17) is 4.43 Å². The van der Waals surface area contributed by atoms with Gasteiger partial charge in [-0.2, -0.15) is 0 Å². The van der Waals surface area contributed by atoms with Crippen LogP contribution in [0, 0.1) is 27.8 Å². The molecule has 7 heteroatoms. The highest BCUT2D eigenvalue weighted by molar-refractivity contribution is 6.74. The molecule has 1 heterocycles. The second kappa shape index (κ2) is 5.52. The van der Waals surface area contributed by atoms with Gasteiger partial charge in [-0.1, -0.05) is 20.8 Å². The lowest BCUT2D eigenvalue weighted by molar-refractivity contribution is -0.384. The maximum Gasteiger partial charge on any atom is 0.295 e. The van der Waals surface area contributed by atoms with Gasteiger partial charge < -0.3 is 9.33 Å². The molecule has 1 unspecified atom stereocenters. The van der Waals surface area contributed by atoms with Gasteiger partial charge in [0.25, 0.3) is 5.69 Å². The average Bonchev–Trinajstić information content (AvgIpc) is 2.90. The Morgan fingerprint density at radius 3 is 2.38 bits per heavy atom. The molecule has 3 atom stereocenters. The van der Waals surface area contributed by atoms with Crippen LogP contribution in [0.25, 0.3) is 0 Å². The van der Waals surface area contributed by atoms with Gasteiger partial charge in [0.15, 0.2) is 8.32 Å². The molecule has 1 aliphatic heterocycles. The summed E-state index contributed by atoms with van der Waals surface area (Å²) in [5.74, 6) is 0.293. The van der Waals surface area contributed by atoms with E-state index in [-0.39, 0.29) is 16.8 Å². The third-order valence-corrected chi connectivity index (χ3v) is 10.3. The van der Waals surface area contributed by atoms with Gasteiger partial charge in [0, 0.05) is 24.9 Å². The van der Waals surface area contributed by atoms with Crippen LogP contribution in [0.15, 0.2) is 18.2 Å². The summed E-state index contributed by atoms with van der Waals surface area (Å²) in [4.78, 5) is 12.7. The second-order valence-electron chi connectivity index (χ2n) is 8.47. The normalized spacial score (nSPS) is 26.4. The lowest BCUT2D eigenvalue weighted by atomic mass is 10.2. The number of nitro groups is 1. The van der Waals surface area contributed by atoms with Crippen molar-refractivity contribution in [3.05, 3.63) is 34.1 Å². The van der Waals surface area contributed by atoms with Crippen molar-refractivity contribution in [1.29, 1.82) is 0 Å². The predicted octanol–water partition coefficient (Wildman–Crippen LogP) is 4.19. The molecule has 0 spiro atoms. The number of piperidine rings is 1. The molecule has 0 radical (unpaired) electrons. The molecule has 0 bridgehead atoms. The van der Waals surface area contributed by atoms with Crippen molar-refractivity contribution in [3.8, 4) is 0 Å². The zero-order valence-corrected chi connectivity index (χ0v) is 15.9. The van der Waals surface area contributed by atoms with Gasteiger partial charge in [-0.15, -0.1) is 0 Å². The van der Waals surface area contributed by atoms with Gasteiger partial charge >= 0.3 is 0 Å². The van der Waals surface area contributed by atoms with Crippen LogP contribution in [0.4, 0.5) is 15.8 Å². The van der Waals surface area contributed by atoms with Crippen LogP contribution < -0.4 is 4.90 Å². The number of nitro benzene ring substituents is 1. The van der Waals surface area contributed by atoms with Crippen molar-refractivity contribution >= 4 is 19.7 Å². The highest BCUT2D eigenvalue weighted by Gasteiger charge is 2.59. The molecule has 1 saturated carbocycles. The first-order valence-electron chi connectivity index (χ1n) is 8.38. The lowest BCUT2D eigenvalue weighted by Gasteiger charge is -2.37. The molecule has 2 fully saturated rings. The van der Waals surface area contributed by atoms with Crippen LogP contribution in [-0.4, -0.2) is 32.4 Å². The van der Waals surface area contributed by atoms with Gasteiger partial charge in [0.05, 0.1) is 17.1 Å². The SMILES string of the molecule is CC(C)(C)[Si](C)(C)O[C@@H]1C2CN(c3ccc(F)cc3[N+](=O)[O-])C[C@@H]21. The highest BCUT2D eigenvalue weighted by atomic mass is 28.4. The van der Waals surface area contributed by atoms with Gasteiger partial charge in [-0.3, -0.25) is 10.1 Å². The molecule has 0 N–H and O–H groups in total. The summed E-state index contributed by atoms with van der Waals surface area (Å²) in [6.45, 7) is 12.7. The minimum absolute atomic E-state index is 0.154. The first kappa shape index (κ1) is 17.4. The molecule has 0 amide bonds. The zero-order chi connectivity index (χ0) is 17.9.